The summed E-state index contributed by atoms with van der Waals surface area (Å²) in [5, 5.41) is 3.03. The summed E-state index contributed by atoms with van der Waals surface area (Å²) in [5.41, 5.74) is 3.48. The molecule has 0 aliphatic carbocycles. The molecule has 0 saturated carbocycles. The number of aromatic amines is 1. The summed E-state index contributed by atoms with van der Waals surface area (Å²) < 4.78 is 40.5. The van der Waals surface area contributed by atoms with Crippen LogP contribution >= 0.6 is 12.4 Å². The fourth-order valence-electron chi connectivity index (χ4n) is 4.30. The molecule has 1 N–H and O–H groups in total. The monoisotopic (exact) mass is 518 g/mol. The van der Waals surface area contributed by atoms with Gasteiger partial charge in [0.25, 0.3) is 11.3 Å². The van der Waals surface area contributed by atoms with E-state index in [1.54, 1.807) is 6.07 Å². The third-order valence-electron chi connectivity index (χ3n) is 6.46. The lowest BCUT2D eigenvalue weighted by Gasteiger charge is -2.36. The van der Waals surface area contributed by atoms with Crippen molar-refractivity contribution in [3.63, 3.8) is 0 Å². The number of piperazine rings is 1. The summed E-state index contributed by atoms with van der Waals surface area (Å²) in [6.07, 6.45) is -4.36. The van der Waals surface area contributed by atoms with Gasteiger partial charge in [-0.25, -0.2) is 4.98 Å². The molecule has 5 rings (SSSR count). The number of nitrogens with zero attached hydrogens (tertiary/aromatic N) is 5. The van der Waals surface area contributed by atoms with Gasteiger partial charge in [0.15, 0.2) is 5.82 Å². The number of H-pyrrole nitrogens is 1. The van der Waals surface area contributed by atoms with Crippen LogP contribution in [0.3, 0.4) is 0 Å². The van der Waals surface area contributed by atoms with Crippen molar-refractivity contribution < 1.29 is 13.2 Å². The van der Waals surface area contributed by atoms with E-state index < -0.39 is 11.7 Å². The number of benzene rings is 2. The van der Waals surface area contributed by atoms with Crippen LogP contribution in [0.15, 0.2) is 53.3 Å². The summed E-state index contributed by atoms with van der Waals surface area (Å²) in [5.74, 6) is 0.882. The molecule has 1 aliphatic heterocycles. The molecule has 0 spiro atoms. The number of nitrogens with one attached hydrogen (secondary N) is 1. The minimum Gasteiger partial charge on any atom is -0.369 e. The number of aromatic nitrogens is 4. The Hall–Kier alpha value is -3.37. The third-order valence-corrected chi connectivity index (χ3v) is 6.46. The highest BCUT2D eigenvalue weighted by molar-refractivity contribution is 5.85. The number of alkyl halides is 3. The van der Waals surface area contributed by atoms with Crippen molar-refractivity contribution in [3.05, 3.63) is 81.3 Å². The van der Waals surface area contributed by atoms with Crippen LogP contribution in [0.25, 0.3) is 17.2 Å². The van der Waals surface area contributed by atoms with Gasteiger partial charge in [-0.1, -0.05) is 18.2 Å². The van der Waals surface area contributed by atoms with Crippen LogP contribution in [0.1, 0.15) is 22.4 Å². The van der Waals surface area contributed by atoms with Crippen molar-refractivity contribution in [3.8, 4) is 11.4 Å². The van der Waals surface area contributed by atoms with Gasteiger partial charge in [0.05, 0.1) is 11.3 Å². The summed E-state index contributed by atoms with van der Waals surface area (Å²) in [7, 11) is 0. The topological polar surface area (TPSA) is 69.5 Å². The van der Waals surface area contributed by atoms with Crippen molar-refractivity contribution in [1.82, 2.24) is 24.5 Å². The Labute approximate surface area is 212 Å². The Morgan fingerprint density at radius 1 is 0.944 bits per heavy atom. The summed E-state index contributed by atoms with van der Waals surface area (Å²) in [4.78, 5) is 25.9. The summed E-state index contributed by atoms with van der Waals surface area (Å²) >= 11 is 0. The zero-order chi connectivity index (χ0) is 24.7. The van der Waals surface area contributed by atoms with E-state index in [-0.39, 0.29) is 18.0 Å². The van der Waals surface area contributed by atoms with E-state index in [9.17, 15) is 18.0 Å². The molecule has 1 fully saturated rings. The SMILES string of the molecule is Cc1ccc(-c2nc3nc(CN4CCN(c5cccc(C(F)(F)F)c5)CC4)cc(=O)n3[nH]2)cc1C.Cl. The van der Waals surface area contributed by atoms with Crippen molar-refractivity contribution in [2.45, 2.75) is 26.6 Å². The fourth-order valence-corrected chi connectivity index (χ4v) is 4.30. The second-order valence-electron chi connectivity index (χ2n) is 8.90. The lowest BCUT2D eigenvalue weighted by atomic mass is 10.1. The molecule has 2 aromatic heterocycles. The smallest absolute Gasteiger partial charge is 0.369 e. The highest BCUT2D eigenvalue weighted by Crippen LogP contribution is 2.32. The molecule has 0 amide bonds. The largest absolute Gasteiger partial charge is 0.416 e. The van der Waals surface area contributed by atoms with Gasteiger partial charge in [-0.2, -0.15) is 22.7 Å². The predicted molar refractivity (Wildman–Crippen MR) is 135 cm³/mol. The maximum absolute atomic E-state index is 13.0. The fraction of sp³-hybridized carbons (Fsp3) is 0.320. The minimum atomic E-state index is -4.36. The Bertz CT molecular complexity index is 1440. The second-order valence-corrected chi connectivity index (χ2v) is 8.90. The maximum Gasteiger partial charge on any atom is 0.416 e. The molecule has 11 heteroatoms. The molecule has 190 valence electrons. The quantitative estimate of drug-likeness (QED) is 0.432. The first-order valence-electron chi connectivity index (χ1n) is 11.4. The minimum absolute atomic E-state index is 0. The van der Waals surface area contributed by atoms with Crippen LogP contribution < -0.4 is 10.5 Å². The van der Waals surface area contributed by atoms with E-state index >= 15 is 0 Å². The first-order valence-corrected chi connectivity index (χ1v) is 11.4. The standard InChI is InChI=1S/C25H25F3N6O.ClH/c1-16-6-7-18(12-17(16)2)23-30-24-29-20(14-22(35)34(24)31-23)15-32-8-10-33(11-9-32)21-5-3-4-19(13-21)25(26,27)28;/h3-7,12-14H,8-11,15H2,1-2H3,(H,29,30,31);1H. The average molecular weight is 519 g/mol. The number of hydrogen-bond donors (Lipinski definition) is 1. The van der Waals surface area contributed by atoms with Gasteiger partial charge in [-0.3, -0.25) is 14.8 Å². The van der Waals surface area contributed by atoms with E-state index in [1.807, 2.05) is 36.9 Å². The third kappa shape index (κ3) is 5.24. The van der Waals surface area contributed by atoms with E-state index in [2.05, 4.69) is 20.0 Å². The molecule has 7 nitrogen and oxygen atoms in total. The van der Waals surface area contributed by atoms with Crippen molar-refractivity contribution in [2.75, 3.05) is 31.1 Å². The number of rotatable bonds is 4. The Kier molecular flexibility index (Phi) is 7.10. The molecular formula is C25H26ClF3N6O. The summed E-state index contributed by atoms with van der Waals surface area (Å²) in [6.45, 7) is 6.99. The van der Waals surface area contributed by atoms with Gasteiger partial charge in [0, 0.05) is 50.0 Å². The van der Waals surface area contributed by atoms with Crippen LogP contribution in [-0.2, 0) is 12.7 Å². The average Bonchev–Trinajstić information content (AvgIpc) is 3.26. The van der Waals surface area contributed by atoms with Gasteiger partial charge >= 0.3 is 6.18 Å². The van der Waals surface area contributed by atoms with Gasteiger partial charge in [-0.15, -0.1) is 12.4 Å². The summed E-state index contributed by atoms with van der Waals surface area (Å²) in [6, 6.07) is 12.9. The number of fused-ring (bicyclic) bond motifs is 1. The molecule has 36 heavy (non-hydrogen) atoms. The lowest BCUT2D eigenvalue weighted by molar-refractivity contribution is -0.137. The van der Waals surface area contributed by atoms with Crippen LogP contribution in [0.5, 0.6) is 0 Å². The van der Waals surface area contributed by atoms with Crippen molar-refractivity contribution >= 4 is 23.9 Å². The van der Waals surface area contributed by atoms with Gasteiger partial charge in [0.2, 0.25) is 0 Å². The Morgan fingerprint density at radius 2 is 1.69 bits per heavy atom. The number of aryl methyl sites for hydroxylation is 2. The molecular weight excluding hydrogens is 493 g/mol. The molecule has 1 saturated heterocycles. The molecule has 0 atom stereocenters. The Morgan fingerprint density at radius 3 is 2.39 bits per heavy atom. The first kappa shape index (κ1) is 25.7. The molecule has 4 aromatic rings. The van der Waals surface area contributed by atoms with Gasteiger partial charge in [-0.05, 0) is 49.2 Å². The van der Waals surface area contributed by atoms with E-state index in [0.717, 1.165) is 17.2 Å². The number of anilines is 1. The van der Waals surface area contributed by atoms with Gasteiger partial charge < -0.3 is 4.90 Å². The van der Waals surface area contributed by atoms with E-state index in [4.69, 9.17) is 0 Å². The maximum atomic E-state index is 13.0. The first-order chi connectivity index (χ1) is 16.7. The van der Waals surface area contributed by atoms with Crippen LogP contribution in [0.4, 0.5) is 18.9 Å². The van der Waals surface area contributed by atoms with E-state index in [1.165, 1.54) is 28.3 Å². The second kappa shape index (κ2) is 9.94. The van der Waals surface area contributed by atoms with Gasteiger partial charge in [0.1, 0.15) is 0 Å². The lowest BCUT2D eigenvalue weighted by Crippen LogP contribution is -2.46. The molecule has 1 aliphatic rings. The van der Waals surface area contributed by atoms with E-state index in [0.29, 0.717) is 55.7 Å². The molecule has 0 radical (unpaired) electrons. The molecule has 3 heterocycles. The molecule has 0 unspecified atom stereocenters. The van der Waals surface area contributed by atoms with Crippen molar-refractivity contribution in [1.29, 1.82) is 0 Å². The number of hydrogen-bond acceptors (Lipinski definition) is 5. The molecule has 2 aromatic carbocycles. The van der Waals surface area contributed by atoms with Crippen LogP contribution in [0.2, 0.25) is 0 Å². The zero-order valence-corrected chi connectivity index (χ0v) is 20.7. The highest BCUT2D eigenvalue weighted by Gasteiger charge is 2.31. The Balaban J connectivity index is 0.00000304. The normalized spacial score (nSPS) is 14.8. The van der Waals surface area contributed by atoms with Crippen LogP contribution in [-0.4, -0.2) is 50.7 Å². The number of halogens is 4. The highest BCUT2D eigenvalue weighted by atomic mass is 35.5. The predicted octanol–water partition coefficient (Wildman–Crippen LogP) is 4.46. The molecule has 0 bridgehead atoms. The zero-order valence-electron chi connectivity index (χ0n) is 19.8. The van der Waals surface area contributed by atoms with Crippen molar-refractivity contribution in [2.24, 2.45) is 0 Å². The van der Waals surface area contributed by atoms with Crippen LogP contribution in [0, 0.1) is 13.8 Å².